The minimum Gasteiger partial charge on any atom is -0.324 e. The number of para-hydroxylation sites is 1. The zero-order valence-corrected chi connectivity index (χ0v) is 16.3. The second-order valence-corrected chi connectivity index (χ2v) is 6.82. The lowest BCUT2D eigenvalue weighted by Crippen LogP contribution is -2.42. The van der Waals surface area contributed by atoms with Gasteiger partial charge in [0.25, 0.3) is 5.56 Å². The first-order valence-corrected chi connectivity index (χ1v) is 9.38. The lowest BCUT2D eigenvalue weighted by Gasteiger charge is -2.14. The molecule has 4 aromatic rings. The molecule has 4 rings (SSSR count). The third kappa shape index (κ3) is 3.75. The first kappa shape index (κ1) is 19.3. The fourth-order valence-electron chi connectivity index (χ4n) is 3.24. The molecule has 0 fully saturated rings. The van der Waals surface area contributed by atoms with E-state index in [9.17, 15) is 14.4 Å². The van der Waals surface area contributed by atoms with Crippen molar-refractivity contribution < 1.29 is 4.79 Å². The van der Waals surface area contributed by atoms with Gasteiger partial charge in [-0.2, -0.15) is 0 Å². The Kier molecular flexibility index (Phi) is 5.21. The minimum absolute atomic E-state index is 0.00949. The third-order valence-electron chi connectivity index (χ3n) is 4.75. The number of amides is 1. The van der Waals surface area contributed by atoms with E-state index in [4.69, 9.17) is 0 Å². The van der Waals surface area contributed by atoms with E-state index in [1.807, 2.05) is 25.1 Å². The van der Waals surface area contributed by atoms with Gasteiger partial charge < -0.3 is 5.32 Å². The molecule has 30 heavy (non-hydrogen) atoms. The number of nitrogens with zero attached hydrogens (tertiary/aromatic N) is 4. The molecule has 0 aliphatic carbocycles. The van der Waals surface area contributed by atoms with Crippen molar-refractivity contribution in [2.24, 2.45) is 0 Å². The molecule has 1 amide bonds. The van der Waals surface area contributed by atoms with Gasteiger partial charge in [-0.15, -0.1) is 0 Å². The highest BCUT2D eigenvalue weighted by Crippen LogP contribution is 2.13. The maximum absolute atomic E-state index is 13.2. The number of anilines is 1. The third-order valence-corrected chi connectivity index (χ3v) is 4.75. The smallest absolute Gasteiger partial charge is 0.324 e. The molecule has 1 aromatic carbocycles. The number of carbonyl (C=O) groups is 1. The van der Waals surface area contributed by atoms with Crippen LogP contribution in [0, 0.1) is 6.92 Å². The molecule has 8 nitrogen and oxygen atoms in total. The SMILES string of the molecule is Cc1ccccc1NC(=O)Cn1c(=O)n(Cc2ccccn2)c(=O)c2ncccc21. The van der Waals surface area contributed by atoms with Crippen molar-refractivity contribution in [2.45, 2.75) is 20.0 Å². The fraction of sp³-hybridized carbons (Fsp3) is 0.136. The van der Waals surface area contributed by atoms with Crippen molar-refractivity contribution in [1.82, 2.24) is 19.1 Å². The molecule has 0 aliphatic rings. The van der Waals surface area contributed by atoms with Crippen LogP contribution in [0.2, 0.25) is 0 Å². The summed E-state index contributed by atoms with van der Waals surface area (Å²) in [4.78, 5) is 47.1. The summed E-state index contributed by atoms with van der Waals surface area (Å²) in [5.74, 6) is -0.375. The highest BCUT2D eigenvalue weighted by atomic mass is 16.2. The number of rotatable bonds is 5. The molecular weight excluding hydrogens is 382 g/mol. The molecule has 0 bridgehead atoms. The number of aromatic nitrogens is 4. The van der Waals surface area contributed by atoms with Crippen LogP contribution in [-0.4, -0.2) is 25.0 Å². The topological polar surface area (TPSA) is 98.9 Å². The van der Waals surface area contributed by atoms with Crippen LogP contribution in [0.15, 0.2) is 76.6 Å². The van der Waals surface area contributed by atoms with E-state index in [0.717, 1.165) is 10.1 Å². The van der Waals surface area contributed by atoms with Crippen LogP contribution in [-0.2, 0) is 17.9 Å². The Morgan fingerprint density at radius 2 is 1.70 bits per heavy atom. The summed E-state index contributed by atoms with van der Waals surface area (Å²) in [6, 6.07) is 15.9. The van der Waals surface area contributed by atoms with Gasteiger partial charge in [-0.3, -0.25) is 23.7 Å². The van der Waals surface area contributed by atoms with Crippen LogP contribution in [0.25, 0.3) is 11.0 Å². The van der Waals surface area contributed by atoms with Crippen LogP contribution < -0.4 is 16.6 Å². The van der Waals surface area contributed by atoms with Crippen LogP contribution in [0.4, 0.5) is 5.69 Å². The van der Waals surface area contributed by atoms with Gasteiger partial charge in [-0.25, -0.2) is 9.78 Å². The maximum atomic E-state index is 13.2. The summed E-state index contributed by atoms with van der Waals surface area (Å²) < 4.78 is 2.32. The van der Waals surface area contributed by atoms with Crippen molar-refractivity contribution in [1.29, 1.82) is 0 Å². The predicted octanol–water partition coefficient (Wildman–Crippen LogP) is 1.95. The predicted molar refractivity (Wildman–Crippen MR) is 113 cm³/mol. The van der Waals surface area contributed by atoms with Gasteiger partial charge in [0.1, 0.15) is 6.54 Å². The van der Waals surface area contributed by atoms with E-state index in [2.05, 4.69) is 15.3 Å². The lowest BCUT2D eigenvalue weighted by atomic mass is 10.2. The number of aryl methyl sites for hydroxylation is 1. The molecule has 150 valence electrons. The summed E-state index contributed by atoms with van der Waals surface area (Å²) in [6.07, 6.45) is 3.07. The van der Waals surface area contributed by atoms with Gasteiger partial charge in [-0.05, 0) is 42.8 Å². The van der Waals surface area contributed by atoms with Crippen molar-refractivity contribution in [3.63, 3.8) is 0 Å². The number of benzene rings is 1. The molecule has 0 atom stereocenters. The molecule has 3 aromatic heterocycles. The zero-order chi connectivity index (χ0) is 21.1. The first-order chi connectivity index (χ1) is 14.5. The Hall–Kier alpha value is -4.07. The van der Waals surface area contributed by atoms with Gasteiger partial charge in [0, 0.05) is 18.1 Å². The van der Waals surface area contributed by atoms with E-state index < -0.39 is 11.2 Å². The molecule has 0 radical (unpaired) electrons. The van der Waals surface area contributed by atoms with Gasteiger partial charge >= 0.3 is 5.69 Å². The van der Waals surface area contributed by atoms with Crippen molar-refractivity contribution >= 4 is 22.6 Å². The van der Waals surface area contributed by atoms with E-state index in [0.29, 0.717) is 16.9 Å². The average molecular weight is 401 g/mol. The molecule has 8 heteroatoms. The molecule has 3 heterocycles. The largest absolute Gasteiger partial charge is 0.332 e. The quantitative estimate of drug-likeness (QED) is 0.551. The highest BCUT2D eigenvalue weighted by molar-refractivity contribution is 5.92. The standard InChI is InChI=1S/C22H19N5O3/c1-15-7-2-3-9-17(15)25-19(28)14-26-18-10-6-12-24-20(18)21(29)27(22(26)30)13-16-8-4-5-11-23-16/h2-12H,13-14H2,1H3,(H,25,28). The Bertz CT molecular complexity index is 1340. The van der Waals surface area contributed by atoms with E-state index >= 15 is 0 Å². The number of carbonyl (C=O) groups excluding carboxylic acids is 1. The van der Waals surface area contributed by atoms with Crippen molar-refractivity contribution in [3.05, 3.63) is 99.1 Å². The molecule has 0 saturated heterocycles. The molecule has 0 aliphatic heterocycles. The van der Waals surface area contributed by atoms with E-state index in [-0.39, 0.29) is 24.5 Å². The Labute approximate surface area is 171 Å². The summed E-state index contributed by atoms with van der Waals surface area (Å²) in [7, 11) is 0. The van der Waals surface area contributed by atoms with Crippen LogP contribution >= 0.6 is 0 Å². The average Bonchev–Trinajstić information content (AvgIpc) is 2.76. The normalized spacial score (nSPS) is 10.8. The van der Waals surface area contributed by atoms with Gasteiger partial charge in [-0.1, -0.05) is 24.3 Å². The Morgan fingerprint density at radius 3 is 2.47 bits per heavy atom. The number of fused-ring (bicyclic) bond motifs is 1. The Balaban J connectivity index is 1.77. The van der Waals surface area contributed by atoms with Gasteiger partial charge in [0.05, 0.1) is 17.8 Å². The van der Waals surface area contributed by atoms with Crippen LogP contribution in [0.3, 0.4) is 0 Å². The van der Waals surface area contributed by atoms with Crippen molar-refractivity contribution in [3.8, 4) is 0 Å². The molecular formula is C22H19N5O3. The molecule has 0 spiro atoms. The summed E-state index contributed by atoms with van der Waals surface area (Å²) >= 11 is 0. The summed E-state index contributed by atoms with van der Waals surface area (Å²) in [5, 5.41) is 2.82. The second kappa shape index (κ2) is 8.12. The number of pyridine rings is 2. The number of hydrogen-bond donors (Lipinski definition) is 1. The first-order valence-electron chi connectivity index (χ1n) is 9.38. The van der Waals surface area contributed by atoms with Gasteiger partial charge in [0.2, 0.25) is 5.91 Å². The fourth-order valence-corrected chi connectivity index (χ4v) is 3.24. The maximum Gasteiger partial charge on any atom is 0.332 e. The number of nitrogens with one attached hydrogen (secondary N) is 1. The van der Waals surface area contributed by atoms with E-state index in [1.165, 1.54) is 10.8 Å². The monoisotopic (exact) mass is 401 g/mol. The Morgan fingerprint density at radius 1 is 0.933 bits per heavy atom. The second-order valence-electron chi connectivity index (χ2n) is 6.82. The van der Waals surface area contributed by atoms with E-state index in [1.54, 1.807) is 42.6 Å². The molecule has 0 unspecified atom stereocenters. The molecule has 0 saturated carbocycles. The van der Waals surface area contributed by atoms with Crippen molar-refractivity contribution in [2.75, 3.05) is 5.32 Å². The van der Waals surface area contributed by atoms with Crippen LogP contribution in [0.5, 0.6) is 0 Å². The highest BCUT2D eigenvalue weighted by Gasteiger charge is 2.17. The molecule has 1 N–H and O–H groups in total. The zero-order valence-electron chi connectivity index (χ0n) is 16.3. The lowest BCUT2D eigenvalue weighted by molar-refractivity contribution is -0.116. The minimum atomic E-state index is -0.592. The summed E-state index contributed by atoms with van der Waals surface area (Å²) in [5.41, 5.74) is 1.46. The van der Waals surface area contributed by atoms with Gasteiger partial charge in [0.15, 0.2) is 5.52 Å². The van der Waals surface area contributed by atoms with Crippen LogP contribution in [0.1, 0.15) is 11.3 Å². The number of hydrogen-bond acceptors (Lipinski definition) is 5. The summed E-state index contributed by atoms with van der Waals surface area (Å²) in [6.45, 7) is 1.62.